The number of nitrogens with one attached hydrogen (secondary N) is 1. The number of fused-ring (bicyclic) bond motifs is 1. The van der Waals surface area contributed by atoms with Crippen LogP contribution in [0.3, 0.4) is 0 Å². The van der Waals surface area contributed by atoms with Crippen molar-refractivity contribution >= 4 is 21.4 Å². The Bertz CT molecular complexity index is 705. The standard InChI is InChI=1S/C17H17NOS/c1-18-10-13-6-2-4-8-16(13)19-11-14-12-20-17-9-5-3-7-15(14)17/h2-9,12,18H,10-11H2,1H3. The molecule has 0 aliphatic rings. The summed E-state index contributed by atoms with van der Waals surface area (Å²) in [7, 11) is 1.95. The molecule has 0 amide bonds. The smallest absolute Gasteiger partial charge is 0.124 e. The summed E-state index contributed by atoms with van der Waals surface area (Å²) in [4.78, 5) is 0. The van der Waals surface area contributed by atoms with E-state index in [0.29, 0.717) is 6.61 Å². The van der Waals surface area contributed by atoms with E-state index >= 15 is 0 Å². The molecule has 0 aliphatic heterocycles. The Labute approximate surface area is 123 Å². The molecule has 0 saturated carbocycles. The van der Waals surface area contributed by atoms with E-state index < -0.39 is 0 Å². The van der Waals surface area contributed by atoms with Gasteiger partial charge < -0.3 is 10.1 Å². The highest BCUT2D eigenvalue weighted by Crippen LogP contribution is 2.27. The van der Waals surface area contributed by atoms with E-state index in [1.165, 1.54) is 21.2 Å². The third-order valence-corrected chi connectivity index (χ3v) is 4.30. The summed E-state index contributed by atoms with van der Waals surface area (Å²) >= 11 is 1.77. The summed E-state index contributed by atoms with van der Waals surface area (Å²) in [6.45, 7) is 1.44. The van der Waals surface area contributed by atoms with Crippen LogP contribution in [0.15, 0.2) is 53.9 Å². The molecule has 0 aliphatic carbocycles. The first-order valence-electron chi connectivity index (χ1n) is 6.69. The number of para-hydroxylation sites is 1. The molecule has 0 saturated heterocycles. The maximum Gasteiger partial charge on any atom is 0.124 e. The minimum absolute atomic E-state index is 0.616. The highest BCUT2D eigenvalue weighted by Gasteiger charge is 2.06. The van der Waals surface area contributed by atoms with E-state index in [4.69, 9.17) is 4.74 Å². The fourth-order valence-electron chi connectivity index (χ4n) is 2.28. The van der Waals surface area contributed by atoms with Crippen LogP contribution in [0.2, 0.25) is 0 Å². The van der Waals surface area contributed by atoms with Crippen LogP contribution in [0.5, 0.6) is 5.75 Å². The molecule has 0 spiro atoms. The molecule has 2 nitrogen and oxygen atoms in total. The van der Waals surface area contributed by atoms with Crippen molar-refractivity contribution in [3.63, 3.8) is 0 Å². The van der Waals surface area contributed by atoms with Crippen LogP contribution < -0.4 is 10.1 Å². The molecule has 0 unspecified atom stereocenters. The van der Waals surface area contributed by atoms with E-state index in [0.717, 1.165) is 12.3 Å². The predicted octanol–water partition coefficient (Wildman–Crippen LogP) is 4.20. The lowest BCUT2D eigenvalue weighted by atomic mass is 10.2. The van der Waals surface area contributed by atoms with Crippen LogP contribution in [0.25, 0.3) is 10.1 Å². The van der Waals surface area contributed by atoms with Gasteiger partial charge >= 0.3 is 0 Å². The molecule has 3 aromatic rings. The Morgan fingerprint density at radius 1 is 1.00 bits per heavy atom. The second-order valence-electron chi connectivity index (χ2n) is 4.68. The number of ether oxygens (including phenoxy) is 1. The van der Waals surface area contributed by atoms with E-state index in [-0.39, 0.29) is 0 Å². The van der Waals surface area contributed by atoms with Gasteiger partial charge in [-0.2, -0.15) is 0 Å². The largest absolute Gasteiger partial charge is 0.489 e. The Morgan fingerprint density at radius 3 is 2.70 bits per heavy atom. The Kier molecular flexibility index (Phi) is 4.00. The van der Waals surface area contributed by atoms with Gasteiger partial charge in [0.05, 0.1) is 0 Å². The van der Waals surface area contributed by atoms with Crippen molar-refractivity contribution in [1.82, 2.24) is 5.32 Å². The lowest BCUT2D eigenvalue weighted by Crippen LogP contribution is -2.07. The minimum Gasteiger partial charge on any atom is -0.489 e. The summed E-state index contributed by atoms with van der Waals surface area (Å²) in [6.07, 6.45) is 0. The summed E-state index contributed by atoms with van der Waals surface area (Å²) in [5.41, 5.74) is 2.44. The zero-order valence-electron chi connectivity index (χ0n) is 11.4. The van der Waals surface area contributed by atoms with Gasteiger partial charge in [-0.3, -0.25) is 0 Å². The van der Waals surface area contributed by atoms with Crippen LogP contribution in [0.4, 0.5) is 0 Å². The number of rotatable bonds is 5. The first-order valence-corrected chi connectivity index (χ1v) is 7.57. The van der Waals surface area contributed by atoms with Crippen LogP contribution in [0.1, 0.15) is 11.1 Å². The number of hydrogen-bond acceptors (Lipinski definition) is 3. The fourth-order valence-corrected chi connectivity index (χ4v) is 3.23. The molecular formula is C17H17NOS. The summed E-state index contributed by atoms with van der Waals surface area (Å²) in [6, 6.07) is 16.6. The maximum absolute atomic E-state index is 6.01. The highest BCUT2D eigenvalue weighted by molar-refractivity contribution is 7.17. The molecule has 0 bridgehead atoms. The predicted molar refractivity (Wildman–Crippen MR) is 85.4 cm³/mol. The van der Waals surface area contributed by atoms with Gasteiger partial charge in [0.25, 0.3) is 0 Å². The van der Waals surface area contributed by atoms with Gasteiger partial charge in [0.1, 0.15) is 12.4 Å². The van der Waals surface area contributed by atoms with Gasteiger partial charge in [0, 0.05) is 22.4 Å². The van der Waals surface area contributed by atoms with Crippen molar-refractivity contribution in [2.24, 2.45) is 0 Å². The molecule has 0 atom stereocenters. The van der Waals surface area contributed by atoms with Crippen LogP contribution in [0, 0.1) is 0 Å². The fraction of sp³-hybridized carbons (Fsp3) is 0.176. The van der Waals surface area contributed by atoms with Gasteiger partial charge in [-0.25, -0.2) is 0 Å². The van der Waals surface area contributed by atoms with Crippen molar-refractivity contribution in [1.29, 1.82) is 0 Å². The third kappa shape index (κ3) is 2.69. The minimum atomic E-state index is 0.616. The van der Waals surface area contributed by atoms with Gasteiger partial charge in [0.15, 0.2) is 0 Å². The average Bonchev–Trinajstić information content (AvgIpc) is 2.90. The lowest BCUT2D eigenvalue weighted by molar-refractivity contribution is 0.304. The van der Waals surface area contributed by atoms with Crippen molar-refractivity contribution in [3.8, 4) is 5.75 Å². The van der Waals surface area contributed by atoms with Crippen LogP contribution in [-0.4, -0.2) is 7.05 Å². The molecule has 1 aromatic heterocycles. The molecule has 2 aromatic carbocycles. The van der Waals surface area contributed by atoms with E-state index in [1.807, 2.05) is 25.2 Å². The average molecular weight is 283 g/mol. The summed E-state index contributed by atoms with van der Waals surface area (Å²) < 4.78 is 7.32. The lowest BCUT2D eigenvalue weighted by Gasteiger charge is -2.10. The van der Waals surface area contributed by atoms with Gasteiger partial charge in [0.2, 0.25) is 0 Å². The molecule has 0 fully saturated rings. The van der Waals surface area contributed by atoms with Crippen LogP contribution in [-0.2, 0) is 13.2 Å². The van der Waals surface area contributed by atoms with Crippen molar-refractivity contribution in [3.05, 3.63) is 65.0 Å². The number of hydrogen-bond donors (Lipinski definition) is 1. The zero-order chi connectivity index (χ0) is 13.8. The first kappa shape index (κ1) is 13.2. The Morgan fingerprint density at radius 2 is 1.80 bits per heavy atom. The second-order valence-corrected chi connectivity index (χ2v) is 5.60. The molecule has 3 rings (SSSR count). The highest BCUT2D eigenvalue weighted by atomic mass is 32.1. The normalized spacial score (nSPS) is 10.8. The van der Waals surface area contributed by atoms with Gasteiger partial charge in [-0.1, -0.05) is 36.4 Å². The van der Waals surface area contributed by atoms with E-state index in [9.17, 15) is 0 Å². The van der Waals surface area contributed by atoms with E-state index in [1.54, 1.807) is 11.3 Å². The topological polar surface area (TPSA) is 21.3 Å². The Balaban J connectivity index is 1.80. The molecule has 102 valence electrons. The Hall–Kier alpha value is -1.84. The van der Waals surface area contributed by atoms with Crippen molar-refractivity contribution in [2.75, 3.05) is 7.05 Å². The SMILES string of the molecule is CNCc1ccccc1OCc1csc2ccccc12. The molecular weight excluding hydrogens is 266 g/mol. The molecule has 3 heteroatoms. The van der Waals surface area contributed by atoms with Gasteiger partial charge in [-0.05, 0) is 29.9 Å². The monoisotopic (exact) mass is 283 g/mol. The van der Waals surface area contributed by atoms with Crippen molar-refractivity contribution < 1.29 is 4.74 Å². The maximum atomic E-state index is 6.01. The summed E-state index contributed by atoms with van der Waals surface area (Å²) in [5, 5.41) is 6.65. The molecule has 1 N–H and O–H groups in total. The summed E-state index contributed by atoms with van der Waals surface area (Å²) in [5.74, 6) is 0.956. The second kappa shape index (κ2) is 6.07. The number of benzene rings is 2. The van der Waals surface area contributed by atoms with Crippen molar-refractivity contribution in [2.45, 2.75) is 13.2 Å². The zero-order valence-corrected chi connectivity index (χ0v) is 12.2. The number of thiophene rings is 1. The third-order valence-electron chi connectivity index (χ3n) is 3.28. The van der Waals surface area contributed by atoms with E-state index in [2.05, 4.69) is 41.0 Å². The quantitative estimate of drug-likeness (QED) is 0.757. The van der Waals surface area contributed by atoms with Gasteiger partial charge in [-0.15, -0.1) is 11.3 Å². The first-order chi connectivity index (χ1) is 9.88. The molecule has 0 radical (unpaired) electrons. The van der Waals surface area contributed by atoms with Crippen LogP contribution >= 0.6 is 11.3 Å². The molecule has 1 heterocycles. The molecule has 20 heavy (non-hydrogen) atoms.